The Morgan fingerprint density at radius 3 is 2.64 bits per heavy atom. The van der Waals surface area contributed by atoms with Crippen LogP contribution in [0.3, 0.4) is 0 Å². The molecule has 1 fully saturated rings. The van der Waals surface area contributed by atoms with Gasteiger partial charge in [0.25, 0.3) is 0 Å². The van der Waals surface area contributed by atoms with E-state index in [1.54, 1.807) is 0 Å². The monoisotopic (exact) mass is 200 g/mol. The topological polar surface area (TPSA) is 50.4 Å². The fourth-order valence-corrected chi connectivity index (χ4v) is 1.22. The van der Waals surface area contributed by atoms with Gasteiger partial charge in [0.2, 0.25) is 0 Å². The fraction of sp³-hybridized carbons (Fsp3) is 0.900. The Balaban J connectivity index is 2.22. The lowest BCUT2D eigenvalue weighted by Gasteiger charge is -2.25. The zero-order chi connectivity index (χ0) is 10.6. The number of rotatable bonds is 2. The molecule has 0 bridgehead atoms. The zero-order valence-corrected chi connectivity index (χ0v) is 9.22. The summed E-state index contributed by atoms with van der Waals surface area (Å²) in [5.41, 5.74) is -0.401. The van der Waals surface area contributed by atoms with E-state index in [1.165, 1.54) is 0 Å². The van der Waals surface area contributed by atoms with Crippen LogP contribution in [0.15, 0.2) is 0 Å². The summed E-state index contributed by atoms with van der Waals surface area (Å²) in [7, 11) is 0. The van der Waals surface area contributed by atoms with Crippen molar-refractivity contribution in [2.75, 3.05) is 26.2 Å². The molecule has 1 heterocycles. The molecule has 82 valence electrons. The first kappa shape index (κ1) is 11.5. The van der Waals surface area contributed by atoms with E-state index in [9.17, 15) is 4.79 Å². The highest BCUT2D eigenvalue weighted by Crippen LogP contribution is 2.15. The van der Waals surface area contributed by atoms with Crippen LogP contribution in [0.2, 0.25) is 0 Å². The van der Waals surface area contributed by atoms with Gasteiger partial charge in [-0.05, 0) is 20.8 Å². The Kier molecular flexibility index (Phi) is 3.89. The zero-order valence-electron chi connectivity index (χ0n) is 9.22. The van der Waals surface area contributed by atoms with Gasteiger partial charge in [-0.15, -0.1) is 0 Å². The number of carbonyl (C=O) groups is 1. The molecule has 0 aromatic heterocycles. The maximum Gasteiger partial charge on any atom is 0.311 e. The van der Waals surface area contributed by atoms with Crippen LogP contribution >= 0.6 is 0 Å². The average molecular weight is 200 g/mol. The number of hydrogen-bond acceptors (Lipinski definition) is 4. The number of hydrogen-bond donors (Lipinski definition) is 2. The Morgan fingerprint density at radius 1 is 1.43 bits per heavy atom. The van der Waals surface area contributed by atoms with Gasteiger partial charge in [0, 0.05) is 19.6 Å². The van der Waals surface area contributed by atoms with Gasteiger partial charge in [0.05, 0.1) is 11.5 Å². The second kappa shape index (κ2) is 4.75. The van der Waals surface area contributed by atoms with Gasteiger partial charge in [-0.3, -0.25) is 4.79 Å². The van der Waals surface area contributed by atoms with E-state index in [0.717, 1.165) is 19.6 Å². The molecule has 4 heteroatoms. The van der Waals surface area contributed by atoms with Gasteiger partial charge < -0.3 is 15.4 Å². The molecule has 0 aliphatic carbocycles. The molecule has 1 rings (SSSR count). The molecule has 0 amide bonds. The highest BCUT2D eigenvalue weighted by molar-refractivity contribution is 5.75. The summed E-state index contributed by atoms with van der Waals surface area (Å²) in [5, 5.41) is 6.53. The van der Waals surface area contributed by atoms with Crippen molar-refractivity contribution < 1.29 is 9.53 Å². The second-order valence-electron chi connectivity index (χ2n) is 4.70. The van der Waals surface area contributed by atoms with Crippen LogP contribution < -0.4 is 10.6 Å². The third kappa shape index (κ3) is 3.64. The van der Waals surface area contributed by atoms with E-state index in [0.29, 0.717) is 6.61 Å². The quantitative estimate of drug-likeness (QED) is 0.622. The Morgan fingerprint density at radius 2 is 2.14 bits per heavy atom. The first-order chi connectivity index (χ1) is 6.50. The molecule has 1 aliphatic heterocycles. The number of piperazine rings is 1. The maximum atomic E-state index is 11.4. The molecule has 0 unspecified atom stereocenters. The van der Waals surface area contributed by atoms with Crippen molar-refractivity contribution >= 4 is 5.97 Å². The highest BCUT2D eigenvalue weighted by atomic mass is 16.5. The predicted octanol–water partition coefficient (Wildman–Crippen LogP) is 0.137. The minimum atomic E-state index is -0.401. The van der Waals surface area contributed by atoms with E-state index in [4.69, 9.17) is 4.74 Å². The van der Waals surface area contributed by atoms with E-state index in [-0.39, 0.29) is 12.0 Å². The van der Waals surface area contributed by atoms with E-state index in [1.807, 2.05) is 20.8 Å². The lowest BCUT2D eigenvalue weighted by Crippen LogP contribution is -2.51. The van der Waals surface area contributed by atoms with Crippen molar-refractivity contribution in [3.8, 4) is 0 Å². The summed E-state index contributed by atoms with van der Waals surface area (Å²) in [6, 6.07) is 0.259. The van der Waals surface area contributed by atoms with E-state index in [2.05, 4.69) is 10.6 Å². The summed E-state index contributed by atoms with van der Waals surface area (Å²) in [4.78, 5) is 11.4. The molecule has 0 saturated carbocycles. The van der Waals surface area contributed by atoms with Gasteiger partial charge in [-0.25, -0.2) is 0 Å². The molecule has 0 radical (unpaired) electrons. The number of carbonyl (C=O) groups excluding carboxylic acids is 1. The molecule has 0 spiro atoms. The third-order valence-electron chi connectivity index (χ3n) is 2.15. The van der Waals surface area contributed by atoms with Gasteiger partial charge >= 0.3 is 5.97 Å². The minimum Gasteiger partial charge on any atom is -0.464 e. The molecule has 1 saturated heterocycles. The maximum absolute atomic E-state index is 11.4. The first-order valence-electron chi connectivity index (χ1n) is 5.11. The van der Waals surface area contributed by atoms with Crippen LogP contribution in [0.1, 0.15) is 20.8 Å². The molecular weight excluding hydrogens is 180 g/mol. The van der Waals surface area contributed by atoms with Gasteiger partial charge in [0.1, 0.15) is 6.61 Å². The van der Waals surface area contributed by atoms with Crippen molar-refractivity contribution in [3.05, 3.63) is 0 Å². The van der Waals surface area contributed by atoms with Gasteiger partial charge in [0.15, 0.2) is 0 Å². The van der Waals surface area contributed by atoms with Crippen LogP contribution in [0.4, 0.5) is 0 Å². The lowest BCUT2D eigenvalue weighted by molar-refractivity contribution is -0.153. The molecule has 0 aromatic rings. The van der Waals surface area contributed by atoms with Crippen molar-refractivity contribution in [2.24, 2.45) is 5.41 Å². The van der Waals surface area contributed by atoms with Crippen LogP contribution in [0, 0.1) is 5.41 Å². The van der Waals surface area contributed by atoms with Crippen LogP contribution in [0.5, 0.6) is 0 Å². The number of esters is 1. The minimum absolute atomic E-state index is 0.134. The number of ether oxygens (including phenoxy) is 1. The molecular formula is C10H20N2O2. The summed E-state index contributed by atoms with van der Waals surface area (Å²) in [5.74, 6) is -0.134. The first-order valence-corrected chi connectivity index (χ1v) is 5.11. The van der Waals surface area contributed by atoms with Crippen molar-refractivity contribution in [3.63, 3.8) is 0 Å². The van der Waals surface area contributed by atoms with E-state index >= 15 is 0 Å². The van der Waals surface area contributed by atoms with Gasteiger partial charge in [-0.2, -0.15) is 0 Å². The highest BCUT2D eigenvalue weighted by Gasteiger charge is 2.24. The van der Waals surface area contributed by atoms with Crippen molar-refractivity contribution in [1.82, 2.24) is 10.6 Å². The van der Waals surface area contributed by atoms with Crippen LogP contribution in [0.25, 0.3) is 0 Å². The summed E-state index contributed by atoms with van der Waals surface area (Å²) in [6.45, 7) is 8.85. The Labute approximate surface area is 85.4 Å². The summed E-state index contributed by atoms with van der Waals surface area (Å²) < 4.78 is 5.20. The largest absolute Gasteiger partial charge is 0.464 e. The van der Waals surface area contributed by atoms with Crippen molar-refractivity contribution in [1.29, 1.82) is 0 Å². The summed E-state index contributed by atoms with van der Waals surface area (Å²) >= 11 is 0. The molecule has 1 aliphatic rings. The smallest absolute Gasteiger partial charge is 0.311 e. The lowest BCUT2D eigenvalue weighted by atomic mass is 9.97. The van der Waals surface area contributed by atoms with E-state index < -0.39 is 5.41 Å². The van der Waals surface area contributed by atoms with Crippen LogP contribution in [-0.4, -0.2) is 38.3 Å². The Hall–Kier alpha value is -0.610. The van der Waals surface area contributed by atoms with Gasteiger partial charge in [-0.1, -0.05) is 0 Å². The fourth-order valence-electron chi connectivity index (χ4n) is 1.22. The number of nitrogens with one attached hydrogen (secondary N) is 2. The Bertz CT molecular complexity index is 193. The molecule has 2 N–H and O–H groups in total. The molecule has 0 aromatic carbocycles. The SMILES string of the molecule is CC(C)(C)C(=O)OC[C@@H]1CNCCN1. The van der Waals surface area contributed by atoms with Crippen molar-refractivity contribution in [2.45, 2.75) is 26.8 Å². The normalized spacial score (nSPS) is 23.2. The molecule has 14 heavy (non-hydrogen) atoms. The standard InChI is InChI=1S/C10H20N2O2/c1-10(2,3)9(13)14-7-8-6-11-4-5-12-8/h8,11-12H,4-7H2,1-3H3/t8-/m0/s1. The van der Waals surface area contributed by atoms with Crippen LogP contribution in [-0.2, 0) is 9.53 Å². The molecule has 1 atom stereocenters. The third-order valence-corrected chi connectivity index (χ3v) is 2.15. The molecule has 4 nitrogen and oxygen atoms in total. The second-order valence-corrected chi connectivity index (χ2v) is 4.70. The summed E-state index contributed by atoms with van der Waals surface area (Å²) in [6.07, 6.45) is 0. The average Bonchev–Trinajstić information content (AvgIpc) is 2.14. The predicted molar refractivity (Wildman–Crippen MR) is 55.1 cm³/mol.